The molecule has 0 spiro atoms. The second-order valence-corrected chi connectivity index (χ2v) is 27.1. The topological polar surface area (TPSA) is 302 Å². The average Bonchev–Trinajstić information content (AvgIpc) is 3.71. The summed E-state index contributed by atoms with van der Waals surface area (Å²) < 4.78 is 41.5. The minimum Gasteiger partial charge on any atom is -0.462 e. The van der Waals surface area contributed by atoms with Gasteiger partial charge in [-0.25, -0.2) is 9.59 Å². The minimum atomic E-state index is -1.60. The van der Waals surface area contributed by atoms with E-state index in [0.29, 0.717) is 6.04 Å². The third-order valence-corrected chi connectivity index (χ3v) is 15.6. The van der Waals surface area contributed by atoms with Gasteiger partial charge in [-0.3, -0.25) is 4.79 Å². The molecule has 3 fully saturated rings. The number of ether oxygens (including phenoxy) is 7. The highest BCUT2D eigenvalue weighted by atomic mass is 28.3. The van der Waals surface area contributed by atoms with Crippen LogP contribution in [0.2, 0.25) is 25.7 Å². The summed E-state index contributed by atoms with van der Waals surface area (Å²) in [4.78, 5) is 38.4. The van der Waals surface area contributed by atoms with Crippen molar-refractivity contribution in [3.63, 3.8) is 0 Å². The highest BCUT2D eigenvalue weighted by Gasteiger charge is 2.54. The Kier molecular flexibility index (Phi) is 26.0. The van der Waals surface area contributed by atoms with Crippen LogP contribution >= 0.6 is 0 Å². The largest absolute Gasteiger partial charge is 0.462 e. The average molecular weight is 1080 g/mol. The maximum Gasteiger partial charge on any atom is 0.407 e. The Hall–Kier alpha value is -4.07. The number of nitrogens with one attached hydrogen (secondary N) is 2. The fourth-order valence-corrected chi connectivity index (χ4v) is 9.91. The first-order valence-electron chi connectivity index (χ1n) is 26.2. The summed E-state index contributed by atoms with van der Waals surface area (Å²) >= 11 is 0. The number of aliphatic hydroxyl groups excluding tert-OH is 8. The number of allylic oxidation sites excluding steroid dienone is 12. The Morgan fingerprint density at radius 1 is 0.707 bits per heavy atom. The van der Waals surface area contributed by atoms with Crippen LogP contribution < -0.4 is 10.6 Å². The van der Waals surface area contributed by atoms with Crippen molar-refractivity contribution in [1.29, 1.82) is 0 Å². The normalized spacial score (nSPS) is 41.7. The summed E-state index contributed by atoms with van der Waals surface area (Å²) in [6, 6.07) is -1.27. The van der Waals surface area contributed by atoms with Crippen LogP contribution in [-0.2, 0) is 38.0 Å². The van der Waals surface area contributed by atoms with Crippen molar-refractivity contribution in [2.45, 2.75) is 208 Å². The van der Waals surface area contributed by atoms with Gasteiger partial charge in [-0.1, -0.05) is 119 Å². The first-order chi connectivity index (χ1) is 35.4. The highest BCUT2D eigenvalue weighted by molar-refractivity contribution is 6.76. The van der Waals surface area contributed by atoms with E-state index in [0.717, 1.165) is 0 Å². The number of hydrogen-bond acceptors (Lipinski definition) is 18. The van der Waals surface area contributed by atoms with Gasteiger partial charge >= 0.3 is 18.2 Å². The predicted octanol–water partition coefficient (Wildman–Crippen LogP) is 3.89. The molecule has 0 radical (unpaired) electrons. The molecule has 0 aromatic rings. The summed E-state index contributed by atoms with van der Waals surface area (Å²) in [6.45, 7) is 13.4. The second kappa shape index (κ2) is 30.8. The Bertz CT molecular complexity index is 1990. The molecule has 4 heterocycles. The van der Waals surface area contributed by atoms with E-state index in [4.69, 9.17) is 33.2 Å². The van der Waals surface area contributed by atoms with Crippen molar-refractivity contribution in [3.05, 3.63) is 85.1 Å². The fraction of sp³-hybridized carbons (Fsp3) is 0.685. The molecule has 424 valence electrons. The van der Waals surface area contributed by atoms with E-state index < -0.39 is 142 Å². The highest BCUT2D eigenvalue weighted by Crippen LogP contribution is 2.40. The zero-order chi connectivity index (χ0) is 55.5. The Labute approximate surface area is 442 Å². The number of esters is 1. The molecular formula is C54H86N2O18Si. The van der Waals surface area contributed by atoms with Crippen molar-refractivity contribution in [3.8, 4) is 0 Å². The number of cyclic esters (lactones) is 1. The van der Waals surface area contributed by atoms with E-state index in [1.54, 1.807) is 51.2 Å². The monoisotopic (exact) mass is 1080 g/mol. The lowest BCUT2D eigenvalue weighted by atomic mass is 9.87. The molecule has 4 aliphatic heterocycles. The number of fused-ring (bicyclic) bond motifs is 4. The molecule has 2 bridgehead atoms. The van der Waals surface area contributed by atoms with Gasteiger partial charge in [0.25, 0.3) is 0 Å². The van der Waals surface area contributed by atoms with Crippen LogP contribution in [0.4, 0.5) is 9.59 Å². The quantitative estimate of drug-likeness (QED) is 0.0983. The fourth-order valence-electron chi connectivity index (χ4n) is 9.19. The van der Waals surface area contributed by atoms with Gasteiger partial charge in [-0.2, -0.15) is 0 Å². The van der Waals surface area contributed by atoms with E-state index in [1.165, 1.54) is 7.11 Å². The van der Waals surface area contributed by atoms with Gasteiger partial charge in [0.15, 0.2) is 12.1 Å². The minimum absolute atomic E-state index is 0.0231. The van der Waals surface area contributed by atoms with Gasteiger partial charge in [-0.15, -0.1) is 0 Å². The smallest absolute Gasteiger partial charge is 0.407 e. The molecule has 75 heavy (non-hydrogen) atoms. The van der Waals surface area contributed by atoms with Gasteiger partial charge < -0.3 is 84.6 Å². The number of hydrogen-bond donors (Lipinski definition) is 10. The summed E-state index contributed by atoms with van der Waals surface area (Å²) in [5, 5.41) is 93.6. The zero-order valence-corrected chi connectivity index (χ0v) is 45.7. The van der Waals surface area contributed by atoms with Crippen LogP contribution in [-0.4, -0.2) is 184 Å². The van der Waals surface area contributed by atoms with Crippen LogP contribution in [0.3, 0.4) is 0 Å². The molecule has 19 atom stereocenters. The van der Waals surface area contributed by atoms with Crippen LogP contribution in [0.5, 0.6) is 0 Å². The van der Waals surface area contributed by atoms with E-state index in [2.05, 4.69) is 30.3 Å². The maximum atomic E-state index is 12.9. The SMILES string of the molecule is CO[C@]12C[C@@H](O)C[C@@H](O)[C@H](O)CC[C@@H](O)C[C@@H](O)CC(=O)O[C@@H](C)[C@H](C)[C@H](O)[C@@H](C)/C=C/C=C/C=C/C=C/C=C/C=C/C=C/[C@H](O[C@@H]3O[C@H](C)[C@@H](O)[C@H](NC(=O)OCC[Si](C)(C)C)[C@@H]3O)C[C@H](O1)[C@@H]1NC(=O)O[C@H]1C2. The summed E-state index contributed by atoms with van der Waals surface area (Å²) in [6.07, 6.45) is 6.05. The van der Waals surface area contributed by atoms with E-state index in [-0.39, 0.29) is 57.5 Å². The number of aliphatic hydroxyl groups is 8. The van der Waals surface area contributed by atoms with Gasteiger partial charge in [0.05, 0.1) is 80.0 Å². The molecule has 0 aromatic heterocycles. The molecule has 0 saturated carbocycles. The molecule has 3 saturated heterocycles. The molecule has 0 aromatic carbocycles. The molecular weight excluding hydrogens is 993 g/mol. The predicted molar refractivity (Wildman–Crippen MR) is 280 cm³/mol. The molecule has 4 aliphatic rings. The number of rotatable bonds is 7. The summed E-state index contributed by atoms with van der Waals surface area (Å²) in [5.41, 5.74) is 0. The van der Waals surface area contributed by atoms with Crippen LogP contribution in [0.25, 0.3) is 0 Å². The lowest BCUT2D eigenvalue weighted by Crippen LogP contribution is -2.64. The van der Waals surface area contributed by atoms with Crippen molar-refractivity contribution < 1.29 is 88.4 Å². The molecule has 20 nitrogen and oxygen atoms in total. The number of methoxy groups -OCH3 is 1. The van der Waals surface area contributed by atoms with Gasteiger partial charge in [0, 0.05) is 52.7 Å². The van der Waals surface area contributed by atoms with Crippen molar-refractivity contribution >= 4 is 26.2 Å². The van der Waals surface area contributed by atoms with Gasteiger partial charge in [0.2, 0.25) is 0 Å². The van der Waals surface area contributed by atoms with Crippen LogP contribution in [0.15, 0.2) is 85.1 Å². The number of amides is 2. The molecule has 10 N–H and O–H groups in total. The third kappa shape index (κ3) is 21.4. The van der Waals surface area contributed by atoms with Crippen molar-refractivity contribution in [1.82, 2.24) is 10.6 Å². The first kappa shape index (κ1) is 63.5. The molecule has 21 heteroatoms. The van der Waals surface area contributed by atoms with Gasteiger partial charge in [-0.05, 0) is 39.2 Å². The second-order valence-electron chi connectivity index (χ2n) is 21.5. The first-order valence-corrected chi connectivity index (χ1v) is 29.9. The third-order valence-electron chi connectivity index (χ3n) is 13.9. The lowest BCUT2D eigenvalue weighted by molar-refractivity contribution is -0.307. The summed E-state index contributed by atoms with van der Waals surface area (Å²) in [5.74, 6) is -3.03. The Morgan fingerprint density at radius 3 is 1.93 bits per heavy atom. The maximum absolute atomic E-state index is 12.9. The van der Waals surface area contributed by atoms with Crippen molar-refractivity contribution in [2.75, 3.05) is 13.7 Å². The standard InChI is InChI=1S/C54H86N2O18Si/c1-33-21-19-17-15-13-11-9-10-12-14-16-18-20-22-40(72-51-50(65)47(49(64)36(4)71-51)56-52(66)69-25-26-75(6,7)8)30-43-46-44(73-53(67)55-46)32-54(68-5,74-43)31-39(59)28-42(61)41(60)24-23-37(57)27-38(58)29-45(62)70-35(3)34(2)48(33)63/h9-22,33-44,46-51,57-61,63-65H,23-32H2,1-8H3,(H,55,67)(H,56,66)/b10-9+,13-11+,14-12+,17-15+,18-16+,21-19+,22-20+/t33-,34-,35-,36+,37+,38+,39-,40-,41+,42+,43-,44-,46-,47-,48+,49+,50-,51-,54+/m0/s1. The lowest BCUT2D eigenvalue weighted by Gasteiger charge is -2.46. The zero-order valence-electron chi connectivity index (χ0n) is 44.7. The van der Waals surface area contributed by atoms with E-state index in [1.807, 2.05) is 61.6 Å². The molecule has 0 aliphatic carbocycles. The van der Waals surface area contributed by atoms with Crippen molar-refractivity contribution in [2.24, 2.45) is 11.8 Å². The molecule has 0 unspecified atom stereocenters. The van der Waals surface area contributed by atoms with Crippen LogP contribution in [0, 0.1) is 11.8 Å². The Balaban J connectivity index is 1.59. The van der Waals surface area contributed by atoms with Crippen LogP contribution in [0.1, 0.15) is 79.1 Å². The molecule has 2 amide bonds. The Morgan fingerprint density at radius 2 is 1.32 bits per heavy atom. The number of carbonyl (C=O) groups excluding carboxylic acids is 3. The summed E-state index contributed by atoms with van der Waals surface area (Å²) in [7, 11) is -0.177. The van der Waals surface area contributed by atoms with E-state index >= 15 is 0 Å². The van der Waals surface area contributed by atoms with E-state index in [9.17, 15) is 55.2 Å². The number of carbonyl (C=O) groups is 3. The number of alkyl carbamates (subject to hydrolysis) is 2. The van der Waals surface area contributed by atoms with Gasteiger partial charge in [0.1, 0.15) is 24.4 Å². The molecule has 4 rings (SSSR count).